The molecule has 3 aromatic rings. The number of ether oxygens (including phenoxy) is 1. The molecule has 0 radical (unpaired) electrons. The normalized spacial score (nSPS) is 11.2. The quantitative estimate of drug-likeness (QED) is 0.511. The largest absolute Gasteiger partial charge is 0.489 e. The van der Waals surface area contributed by atoms with Gasteiger partial charge in [0.15, 0.2) is 0 Å². The zero-order valence-electron chi connectivity index (χ0n) is 18.8. The molecule has 174 valence electrons. The van der Waals surface area contributed by atoms with Gasteiger partial charge < -0.3 is 10.1 Å². The van der Waals surface area contributed by atoms with E-state index in [4.69, 9.17) is 4.74 Å². The first-order valence-corrected chi connectivity index (χ1v) is 12.2. The lowest BCUT2D eigenvalue weighted by Gasteiger charge is -2.24. The van der Waals surface area contributed by atoms with Crippen LogP contribution in [0.3, 0.4) is 0 Å². The van der Waals surface area contributed by atoms with E-state index in [1.54, 1.807) is 36.4 Å². The van der Waals surface area contributed by atoms with Crippen LogP contribution >= 0.6 is 0 Å². The van der Waals surface area contributed by atoms with Crippen molar-refractivity contribution in [2.45, 2.75) is 27.0 Å². The molecule has 0 aliphatic rings. The Morgan fingerprint density at radius 1 is 0.970 bits per heavy atom. The van der Waals surface area contributed by atoms with Gasteiger partial charge in [0.25, 0.3) is 0 Å². The minimum absolute atomic E-state index is 0.251. The fourth-order valence-electron chi connectivity index (χ4n) is 3.22. The Hall–Kier alpha value is -3.39. The molecule has 0 aliphatic heterocycles. The van der Waals surface area contributed by atoms with Crippen LogP contribution in [0, 0.1) is 19.7 Å². The highest BCUT2D eigenvalue weighted by Gasteiger charge is 2.22. The Balaban J connectivity index is 1.57. The summed E-state index contributed by atoms with van der Waals surface area (Å²) in [5.74, 6) is -0.0515. The van der Waals surface area contributed by atoms with E-state index < -0.39 is 15.9 Å². The first-order valence-electron chi connectivity index (χ1n) is 10.4. The summed E-state index contributed by atoms with van der Waals surface area (Å²) in [7, 11) is -3.64. The Bertz CT molecular complexity index is 1210. The smallest absolute Gasteiger partial charge is 0.241 e. The first-order chi connectivity index (χ1) is 15.6. The molecular weight excluding hydrogens is 443 g/mol. The molecule has 3 aromatic carbocycles. The molecule has 0 fully saturated rings. The second-order valence-electron chi connectivity index (χ2n) is 7.82. The van der Waals surface area contributed by atoms with Crippen LogP contribution < -0.4 is 14.4 Å². The van der Waals surface area contributed by atoms with Crippen LogP contribution in [-0.2, 0) is 28.0 Å². The maximum Gasteiger partial charge on any atom is 0.241 e. The molecule has 0 saturated heterocycles. The molecule has 0 atom stereocenters. The zero-order valence-corrected chi connectivity index (χ0v) is 19.7. The van der Waals surface area contributed by atoms with E-state index in [1.165, 1.54) is 12.1 Å². The molecule has 0 saturated carbocycles. The number of halogens is 1. The van der Waals surface area contributed by atoms with Crippen molar-refractivity contribution < 1.29 is 22.3 Å². The number of hydrogen-bond acceptors (Lipinski definition) is 4. The molecule has 3 rings (SSSR count). The number of amides is 1. The summed E-state index contributed by atoms with van der Waals surface area (Å²) in [6.45, 7) is 3.99. The van der Waals surface area contributed by atoms with Crippen molar-refractivity contribution in [1.82, 2.24) is 5.32 Å². The van der Waals surface area contributed by atoms with E-state index in [0.717, 1.165) is 32.8 Å². The second kappa shape index (κ2) is 10.5. The van der Waals surface area contributed by atoms with Crippen molar-refractivity contribution in [2.75, 3.05) is 17.1 Å². The Morgan fingerprint density at radius 2 is 1.61 bits per heavy atom. The summed E-state index contributed by atoms with van der Waals surface area (Å²) in [5, 5.41) is 2.77. The Labute approximate surface area is 194 Å². The number of sulfonamides is 1. The van der Waals surface area contributed by atoms with Crippen molar-refractivity contribution >= 4 is 21.6 Å². The summed E-state index contributed by atoms with van der Waals surface area (Å²) >= 11 is 0. The van der Waals surface area contributed by atoms with Crippen molar-refractivity contribution in [1.29, 1.82) is 0 Å². The maximum absolute atomic E-state index is 13.0. The number of nitrogens with one attached hydrogen (secondary N) is 1. The summed E-state index contributed by atoms with van der Waals surface area (Å²) in [5.41, 5.74) is 3.95. The molecule has 0 heterocycles. The standard InChI is InChI=1S/C25H27FN2O4S/c1-18-5-4-6-24(19(18)2)28(33(3,30)31)16-25(29)27-15-20-9-13-23(14-10-20)32-17-21-7-11-22(26)12-8-21/h4-14H,15-17H2,1-3H3,(H,27,29). The van der Waals surface area contributed by atoms with Crippen molar-refractivity contribution in [2.24, 2.45) is 0 Å². The lowest BCUT2D eigenvalue weighted by atomic mass is 10.1. The van der Waals surface area contributed by atoms with E-state index in [2.05, 4.69) is 5.32 Å². The van der Waals surface area contributed by atoms with Gasteiger partial charge in [0.05, 0.1) is 11.9 Å². The number of benzene rings is 3. The van der Waals surface area contributed by atoms with E-state index in [-0.39, 0.29) is 18.9 Å². The number of aryl methyl sites for hydroxylation is 1. The minimum Gasteiger partial charge on any atom is -0.489 e. The summed E-state index contributed by atoms with van der Waals surface area (Å²) in [4.78, 5) is 12.5. The van der Waals surface area contributed by atoms with Gasteiger partial charge >= 0.3 is 0 Å². The second-order valence-corrected chi connectivity index (χ2v) is 9.73. The van der Waals surface area contributed by atoms with Gasteiger partial charge in [-0.3, -0.25) is 9.10 Å². The molecule has 0 spiro atoms. The van der Waals surface area contributed by atoms with Crippen molar-refractivity contribution in [3.63, 3.8) is 0 Å². The van der Waals surface area contributed by atoms with Gasteiger partial charge in [0.1, 0.15) is 24.7 Å². The van der Waals surface area contributed by atoms with Crippen LogP contribution in [0.25, 0.3) is 0 Å². The van der Waals surface area contributed by atoms with E-state index in [9.17, 15) is 17.6 Å². The van der Waals surface area contributed by atoms with Crippen LogP contribution in [0.1, 0.15) is 22.3 Å². The van der Waals surface area contributed by atoms with Crippen LogP contribution in [-0.4, -0.2) is 27.1 Å². The third-order valence-corrected chi connectivity index (χ3v) is 6.39. The van der Waals surface area contributed by atoms with Crippen LogP contribution in [0.4, 0.5) is 10.1 Å². The Morgan fingerprint density at radius 3 is 2.24 bits per heavy atom. The average molecular weight is 471 g/mol. The fourth-order valence-corrected chi connectivity index (χ4v) is 4.13. The highest BCUT2D eigenvalue weighted by Crippen LogP contribution is 2.24. The summed E-state index contributed by atoms with van der Waals surface area (Å²) in [6, 6.07) is 18.7. The highest BCUT2D eigenvalue weighted by atomic mass is 32.2. The third-order valence-electron chi connectivity index (χ3n) is 5.26. The SMILES string of the molecule is Cc1cccc(N(CC(=O)NCc2ccc(OCc3ccc(F)cc3)cc2)S(C)(=O)=O)c1C. The maximum atomic E-state index is 13.0. The van der Waals surface area contributed by atoms with E-state index >= 15 is 0 Å². The number of anilines is 1. The Kier molecular flexibility index (Phi) is 7.71. The predicted molar refractivity (Wildman–Crippen MR) is 127 cm³/mol. The zero-order chi connectivity index (χ0) is 24.0. The van der Waals surface area contributed by atoms with Gasteiger partial charge in [-0.2, -0.15) is 0 Å². The molecule has 0 aromatic heterocycles. The van der Waals surface area contributed by atoms with E-state index in [0.29, 0.717) is 18.0 Å². The van der Waals surface area contributed by atoms with Crippen molar-refractivity contribution in [3.05, 3.63) is 94.8 Å². The minimum atomic E-state index is -3.64. The monoisotopic (exact) mass is 470 g/mol. The average Bonchev–Trinajstić information content (AvgIpc) is 2.78. The lowest BCUT2D eigenvalue weighted by Crippen LogP contribution is -2.40. The number of nitrogens with zero attached hydrogens (tertiary/aromatic N) is 1. The molecule has 6 nitrogen and oxygen atoms in total. The molecule has 33 heavy (non-hydrogen) atoms. The topological polar surface area (TPSA) is 75.7 Å². The number of rotatable bonds is 9. The lowest BCUT2D eigenvalue weighted by molar-refractivity contribution is -0.119. The van der Waals surface area contributed by atoms with Crippen LogP contribution in [0.15, 0.2) is 66.7 Å². The van der Waals surface area contributed by atoms with Crippen LogP contribution in [0.2, 0.25) is 0 Å². The molecule has 1 N–H and O–H groups in total. The van der Waals surface area contributed by atoms with Crippen LogP contribution in [0.5, 0.6) is 5.75 Å². The molecule has 0 unspecified atom stereocenters. The van der Waals surface area contributed by atoms with Gasteiger partial charge in [-0.05, 0) is 66.4 Å². The molecule has 0 bridgehead atoms. The number of hydrogen-bond donors (Lipinski definition) is 1. The third kappa shape index (κ3) is 6.79. The van der Waals surface area contributed by atoms with Gasteiger partial charge in [-0.15, -0.1) is 0 Å². The fraction of sp³-hybridized carbons (Fsp3) is 0.240. The first kappa shape index (κ1) is 24.3. The number of carbonyl (C=O) groups is 1. The van der Waals surface area contributed by atoms with Gasteiger partial charge in [0, 0.05) is 6.54 Å². The van der Waals surface area contributed by atoms with Crippen molar-refractivity contribution in [3.8, 4) is 5.75 Å². The van der Waals surface area contributed by atoms with Gasteiger partial charge in [0.2, 0.25) is 15.9 Å². The van der Waals surface area contributed by atoms with Gasteiger partial charge in [-0.1, -0.05) is 36.4 Å². The number of carbonyl (C=O) groups excluding carboxylic acids is 1. The molecule has 8 heteroatoms. The summed E-state index contributed by atoms with van der Waals surface area (Å²) in [6.07, 6.45) is 1.09. The highest BCUT2D eigenvalue weighted by molar-refractivity contribution is 7.92. The molecule has 0 aliphatic carbocycles. The predicted octanol–water partition coefficient (Wildman–Crippen LogP) is 4.10. The van der Waals surface area contributed by atoms with E-state index in [1.807, 2.05) is 32.0 Å². The summed E-state index contributed by atoms with van der Waals surface area (Å²) < 4.78 is 44.5. The van der Waals surface area contributed by atoms with Gasteiger partial charge in [-0.25, -0.2) is 12.8 Å². The molecular formula is C25H27FN2O4S. The molecule has 1 amide bonds.